The van der Waals surface area contributed by atoms with Crippen LogP contribution in [0, 0.1) is 0 Å². The fourth-order valence-electron chi connectivity index (χ4n) is 2.70. The number of benzene rings is 1. The summed E-state index contributed by atoms with van der Waals surface area (Å²) in [4.78, 5) is 0. The molecule has 0 atom stereocenters. The molecule has 21 heavy (non-hydrogen) atoms. The largest absolute Gasteiger partial charge is 0.573 e. The van der Waals surface area contributed by atoms with Crippen molar-refractivity contribution in [3.8, 4) is 5.75 Å². The second-order valence-electron chi connectivity index (χ2n) is 5.11. The van der Waals surface area contributed by atoms with E-state index >= 15 is 0 Å². The highest BCUT2D eigenvalue weighted by atomic mass is 19.4. The van der Waals surface area contributed by atoms with Crippen molar-refractivity contribution in [1.82, 2.24) is 0 Å². The van der Waals surface area contributed by atoms with Crippen LogP contribution in [0.2, 0.25) is 0 Å². The van der Waals surface area contributed by atoms with Crippen molar-refractivity contribution in [2.75, 3.05) is 13.2 Å². The van der Waals surface area contributed by atoms with Crippen LogP contribution in [-0.2, 0) is 9.47 Å². The molecule has 0 bridgehead atoms. The van der Waals surface area contributed by atoms with E-state index in [9.17, 15) is 13.2 Å². The van der Waals surface area contributed by atoms with E-state index < -0.39 is 12.1 Å². The van der Waals surface area contributed by atoms with E-state index in [2.05, 4.69) is 4.74 Å². The van der Waals surface area contributed by atoms with Crippen LogP contribution in [0.15, 0.2) is 30.3 Å². The van der Waals surface area contributed by atoms with Crippen molar-refractivity contribution in [2.45, 2.75) is 31.4 Å². The molecular weight excluding hydrogens is 285 g/mol. The van der Waals surface area contributed by atoms with Gasteiger partial charge in [-0.25, -0.2) is 0 Å². The molecule has 1 aromatic rings. The maximum atomic E-state index is 12.1. The standard InChI is InChI=1S/C15H15F3O3/c16-15(17,18)21-13-3-1-11(2-4-13)12-5-7-14(8-6-12)19-9-10-20-14/h1-5H,6-10H2. The van der Waals surface area contributed by atoms with Crippen LogP contribution in [-0.4, -0.2) is 25.4 Å². The van der Waals surface area contributed by atoms with Gasteiger partial charge in [-0.3, -0.25) is 0 Å². The summed E-state index contributed by atoms with van der Waals surface area (Å²) in [6.45, 7) is 1.24. The minimum atomic E-state index is -4.66. The van der Waals surface area contributed by atoms with Crippen molar-refractivity contribution in [1.29, 1.82) is 0 Å². The molecule has 0 amide bonds. The molecule has 0 aromatic heterocycles. The van der Waals surface area contributed by atoms with Gasteiger partial charge in [0.2, 0.25) is 0 Å². The molecule has 1 fully saturated rings. The van der Waals surface area contributed by atoms with Crippen molar-refractivity contribution < 1.29 is 27.4 Å². The maximum Gasteiger partial charge on any atom is 0.573 e. The first kappa shape index (κ1) is 14.4. The molecule has 114 valence electrons. The highest BCUT2D eigenvalue weighted by molar-refractivity contribution is 5.67. The Morgan fingerprint density at radius 3 is 2.24 bits per heavy atom. The average Bonchev–Trinajstić information content (AvgIpc) is 2.87. The monoisotopic (exact) mass is 300 g/mol. The first-order valence-electron chi connectivity index (χ1n) is 6.79. The van der Waals surface area contributed by atoms with Gasteiger partial charge in [0.1, 0.15) is 5.75 Å². The predicted octanol–water partition coefficient (Wildman–Crippen LogP) is 3.90. The van der Waals surface area contributed by atoms with Crippen LogP contribution in [0.4, 0.5) is 13.2 Å². The number of ether oxygens (including phenoxy) is 3. The van der Waals surface area contributed by atoms with Crippen LogP contribution in [0.5, 0.6) is 5.75 Å². The number of allylic oxidation sites excluding steroid dienone is 1. The van der Waals surface area contributed by atoms with Gasteiger partial charge in [-0.05, 0) is 29.7 Å². The van der Waals surface area contributed by atoms with Gasteiger partial charge >= 0.3 is 6.36 Å². The summed E-state index contributed by atoms with van der Waals surface area (Å²) in [6.07, 6.45) is -0.411. The summed E-state index contributed by atoms with van der Waals surface area (Å²) in [5, 5.41) is 0. The lowest BCUT2D eigenvalue weighted by molar-refractivity contribution is -0.274. The smallest absolute Gasteiger partial charge is 0.406 e. The molecule has 6 heteroatoms. The number of hydrogen-bond acceptors (Lipinski definition) is 3. The zero-order valence-electron chi connectivity index (χ0n) is 11.3. The van der Waals surface area contributed by atoms with E-state index in [0.29, 0.717) is 19.6 Å². The van der Waals surface area contributed by atoms with Crippen molar-refractivity contribution in [3.05, 3.63) is 35.9 Å². The van der Waals surface area contributed by atoms with E-state index in [4.69, 9.17) is 9.47 Å². The zero-order valence-corrected chi connectivity index (χ0v) is 11.3. The third-order valence-electron chi connectivity index (χ3n) is 3.71. The molecule has 1 heterocycles. The van der Waals surface area contributed by atoms with Gasteiger partial charge in [0.05, 0.1) is 13.2 Å². The van der Waals surface area contributed by atoms with Crippen LogP contribution >= 0.6 is 0 Å². The summed E-state index contributed by atoms with van der Waals surface area (Å²) in [5.41, 5.74) is 2.00. The Kier molecular flexibility index (Phi) is 3.67. The highest BCUT2D eigenvalue weighted by Crippen LogP contribution is 2.38. The fourth-order valence-corrected chi connectivity index (χ4v) is 2.70. The van der Waals surface area contributed by atoms with Gasteiger partial charge in [0.15, 0.2) is 5.79 Å². The van der Waals surface area contributed by atoms with Crippen LogP contribution < -0.4 is 4.74 Å². The molecular formula is C15H15F3O3. The van der Waals surface area contributed by atoms with E-state index in [1.165, 1.54) is 12.1 Å². The number of alkyl halides is 3. The molecule has 0 saturated carbocycles. The average molecular weight is 300 g/mol. The summed E-state index contributed by atoms with van der Waals surface area (Å²) >= 11 is 0. The fraction of sp³-hybridized carbons (Fsp3) is 0.467. The number of rotatable bonds is 2. The minimum absolute atomic E-state index is 0.207. The Balaban J connectivity index is 1.69. The Labute approximate surface area is 120 Å². The lowest BCUT2D eigenvalue weighted by Gasteiger charge is -2.30. The summed E-state index contributed by atoms with van der Waals surface area (Å²) in [6, 6.07) is 5.94. The third kappa shape index (κ3) is 3.39. The Hall–Kier alpha value is -1.53. The summed E-state index contributed by atoms with van der Waals surface area (Å²) in [5.74, 6) is -0.690. The van der Waals surface area contributed by atoms with Gasteiger partial charge in [0, 0.05) is 12.8 Å². The Morgan fingerprint density at radius 2 is 1.71 bits per heavy atom. The van der Waals surface area contributed by atoms with Crippen LogP contribution in [0.1, 0.15) is 24.8 Å². The van der Waals surface area contributed by atoms with Gasteiger partial charge < -0.3 is 14.2 Å². The number of halogens is 3. The molecule has 0 radical (unpaired) electrons. The van der Waals surface area contributed by atoms with Gasteiger partial charge in [-0.2, -0.15) is 0 Å². The summed E-state index contributed by atoms with van der Waals surface area (Å²) < 4.78 is 51.4. The zero-order chi connectivity index (χ0) is 14.9. The molecule has 1 saturated heterocycles. The van der Waals surface area contributed by atoms with E-state index in [-0.39, 0.29) is 5.75 Å². The quantitative estimate of drug-likeness (QED) is 0.829. The topological polar surface area (TPSA) is 27.7 Å². The maximum absolute atomic E-state index is 12.1. The first-order valence-corrected chi connectivity index (χ1v) is 6.79. The molecule has 0 unspecified atom stereocenters. The summed E-state index contributed by atoms with van der Waals surface area (Å²) in [7, 11) is 0. The molecule has 2 aliphatic rings. The second kappa shape index (κ2) is 5.35. The van der Waals surface area contributed by atoms with Gasteiger partial charge in [-0.1, -0.05) is 18.2 Å². The minimum Gasteiger partial charge on any atom is -0.406 e. The van der Waals surface area contributed by atoms with Crippen molar-refractivity contribution >= 4 is 5.57 Å². The Bertz CT molecular complexity index is 528. The molecule has 3 rings (SSSR count). The lowest BCUT2D eigenvalue weighted by atomic mass is 9.90. The number of hydrogen-bond donors (Lipinski definition) is 0. The van der Waals surface area contributed by atoms with Crippen LogP contribution in [0.3, 0.4) is 0 Å². The van der Waals surface area contributed by atoms with E-state index in [0.717, 1.165) is 24.0 Å². The third-order valence-corrected chi connectivity index (χ3v) is 3.71. The first-order chi connectivity index (χ1) is 9.96. The molecule has 1 aliphatic heterocycles. The Morgan fingerprint density at radius 1 is 1.05 bits per heavy atom. The normalized spacial score (nSPS) is 21.4. The molecule has 1 aliphatic carbocycles. The van der Waals surface area contributed by atoms with E-state index in [1.807, 2.05) is 6.08 Å². The highest BCUT2D eigenvalue weighted by Gasteiger charge is 2.37. The lowest BCUT2D eigenvalue weighted by Crippen LogP contribution is -2.31. The molecule has 1 spiro atoms. The van der Waals surface area contributed by atoms with Crippen molar-refractivity contribution in [3.63, 3.8) is 0 Å². The molecule has 0 N–H and O–H groups in total. The second-order valence-corrected chi connectivity index (χ2v) is 5.11. The predicted molar refractivity (Wildman–Crippen MR) is 69.6 cm³/mol. The van der Waals surface area contributed by atoms with Crippen molar-refractivity contribution in [2.24, 2.45) is 0 Å². The molecule has 1 aromatic carbocycles. The van der Waals surface area contributed by atoms with Gasteiger partial charge in [-0.15, -0.1) is 13.2 Å². The SMILES string of the molecule is FC(F)(F)Oc1ccc(C2=CCC3(CC2)OCCO3)cc1. The van der Waals surface area contributed by atoms with E-state index in [1.54, 1.807) is 12.1 Å². The van der Waals surface area contributed by atoms with Crippen LogP contribution in [0.25, 0.3) is 5.57 Å². The van der Waals surface area contributed by atoms with Gasteiger partial charge in [0.25, 0.3) is 0 Å². The molecule has 3 nitrogen and oxygen atoms in total.